The van der Waals surface area contributed by atoms with E-state index in [2.05, 4.69) is 20.3 Å². The topological polar surface area (TPSA) is 113 Å². The van der Waals surface area contributed by atoms with Crippen molar-refractivity contribution in [2.24, 2.45) is 0 Å². The number of ether oxygens (including phenoxy) is 1. The summed E-state index contributed by atoms with van der Waals surface area (Å²) in [5, 5.41) is 2.71. The van der Waals surface area contributed by atoms with Crippen LogP contribution in [-0.2, 0) is 11.2 Å². The molecule has 162 valence electrons. The van der Waals surface area contributed by atoms with Crippen LogP contribution in [0.2, 0.25) is 0 Å². The van der Waals surface area contributed by atoms with Gasteiger partial charge in [0.05, 0.1) is 16.7 Å². The van der Waals surface area contributed by atoms with Crippen molar-refractivity contribution in [2.45, 2.75) is 19.4 Å². The fourth-order valence-corrected chi connectivity index (χ4v) is 3.73. The van der Waals surface area contributed by atoms with Crippen LogP contribution >= 0.6 is 0 Å². The molecule has 1 aliphatic heterocycles. The van der Waals surface area contributed by atoms with E-state index < -0.39 is 11.9 Å². The molecule has 0 unspecified atom stereocenters. The minimum Gasteiger partial charge on any atom is -0.489 e. The number of aromatic amines is 1. The fourth-order valence-electron chi connectivity index (χ4n) is 3.73. The van der Waals surface area contributed by atoms with E-state index in [-0.39, 0.29) is 18.2 Å². The van der Waals surface area contributed by atoms with Crippen LogP contribution in [0.15, 0.2) is 53.1 Å². The van der Waals surface area contributed by atoms with Crippen LogP contribution < -0.4 is 15.0 Å². The van der Waals surface area contributed by atoms with Gasteiger partial charge in [-0.05, 0) is 18.6 Å². The molecule has 0 spiro atoms. The lowest BCUT2D eigenvalue weighted by Gasteiger charge is -2.20. The molecule has 32 heavy (non-hydrogen) atoms. The highest BCUT2D eigenvalue weighted by atomic mass is 16.5. The first-order chi connectivity index (χ1) is 15.5. The third-order valence-electron chi connectivity index (χ3n) is 5.36. The first kappa shape index (κ1) is 19.8. The molecule has 2 aromatic heterocycles. The van der Waals surface area contributed by atoms with Gasteiger partial charge in [-0.3, -0.25) is 9.59 Å². The number of carbonyl (C=O) groups excluding carboxylic acids is 2. The van der Waals surface area contributed by atoms with E-state index in [1.54, 1.807) is 13.1 Å². The van der Waals surface area contributed by atoms with Crippen molar-refractivity contribution in [2.75, 3.05) is 18.6 Å². The number of hydrogen-bond acceptors (Lipinski definition) is 6. The summed E-state index contributed by atoms with van der Waals surface area (Å²) in [5.74, 6) is 0.946. The van der Waals surface area contributed by atoms with Crippen LogP contribution in [0.1, 0.15) is 27.8 Å². The second kappa shape index (κ2) is 7.84. The minimum absolute atomic E-state index is 0.00470. The molecule has 2 aromatic carbocycles. The largest absolute Gasteiger partial charge is 0.489 e. The molecule has 0 fully saturated rings. The molecular formula is C23H21N5O4. The molecule has 9 heteroatoms. The lowest BCUT2D eigenvalue weighted by Crippen LogP contribution is -2.49. The summed E-state index contributed by atoms with van der Waals surface area (Å²) < 4.78 is 11.3. The van der Waals surface area contributed by atoms with Crippen LogP contribution in [0.25, 0.3) is 11.0 Å². The fraction of sp³-hybridized carbons (Fsp3) is 0.217. The molecule has 1 atom stereocenters. The number of carbonyl (C=O) groups is 2. The minimum atomic E-state index is -0.873. The Bertz CT molecular complexity index is 1310. The number of likely N-dealkylation sites (N-methyl/N-ethyl adjacent to an activating group) is 1. The zero-order chi connectivity index (χ0) is 22.2. The summed E-state index contributed by atoms with van der Waals surface area (Å²) in [7, 11) is 1.65. The number of anilines is 1. The standard InChI is InChI=1S/C23H21N5O4/c1-13-24-15-9-19-20(10-16(15)25-13)31-12-18(23(30)28(19)2)27-22(29)17-11-32-21(26-17)8-14-6-4-3-5-7-14/h3-7,9-11,18H,8,12H2,1-2H3,(H,24,25)(H,27,29)/t18-/m0/s1. The van der Waals surface area contributed by atoms with Gasteiger partial charge in [-0.2, -0.15) is 0 Å². The number of hydrogen-bond donors (Lipinski definition) is 2. The van der Waals surface area contributed by atoms with Gasteiger partial charge in [-0.25, -0.2) is 9.97 Å². The number of imidazole rings is 1. The van der Waals surface area contributed by atoms with Gasteiger partial charge in [-0.1, -0.05) is 30.3 Å². The maximum absolute atomic E-state index is 13.0. The zero-order valence-electron chi connectivity index (χ0n) is 17.6. The number of amides is 2. The molecule has 9 nitrogen and oxygen atoms in total. The number of H-pyrrole nitrogens is 1. The van der Waals surface area contributed by atoms with Crippen molar-refractivity contribution in [3.8, 4) is 5.75 Å². The van der Waals surface area contributed by atoms with E-state index in [0.29, 0.717) is 23.7 Å². The molecule has 0 radical (unpaired) electrons. The van der Waals surface area contributed by atoms with E-state index >= 15 is 0 Å². The second-order valence-electron chi connectivity index (χ2n) is 7.68. The Morgan fingerprint density at radius 1 is 1.25 bits per heavy atom. The smallest absolute Gasteiger partial charge is 0.273 e. The maximum atomic E-state index is 13.0. The summed E-state index contributed by atoms with van der Waals surface area (Å²) in [6, 6.07) is 12.4. The van der Waals surface area contributed by atoms with Crippen molar-refractivity contribution in [1.82, 2.24) is 20.3 Å². The molecule has 0 bridgehead atoms. The van der Waals surface area contributed by atoms with E-state index in [0.717, 1.165) is 22.4 Å². The molecule has 0 saturated heterocycles. The van der Waals surface area contributed by atoms with Crippen molar-refractivity contribution in [3.05, 3.63) is 71.7 Å². The monoisotopic (exact) mass is 431 g/mol. The Kier molecular flexibility index (Phi) is 4.85. The summed E-state index contributed by atoms with van der Waals surface area (Å²) in [5.41, 5.74) is 3.28. The molecule has 0 aliphatic carbocycles. The van der Waals surface area contributed by atoms with Crippen LogP contribution in [-0.4, -0.2) is 46.5 Å². The van der Waals surface area contributed by atoms with Crippen molar-refractivity contribution < 1.29 is 18.7 Å². The predicted octanol–water partition coefficient (Wildman–Crippen LogP) is 2.60. The number of nitrogens with zero attached hydrogens (tertiary/aromatic N) is 3. The number of oxazole rings is 1. The van der Waals surface area contributed by atoms with E-state index in [1.807, 2.05) is 43.3 Å². The third kappa shape index (κ3) is 3.68. The van der Waals surface area contributed by atoms with E-state index in [1.165, 1.54) is 11.2 Å². The zero-order valence-corrected chi connectivity index (χ0v) is 17.6. The first-order valence-electron chi connectivity index (χ1n) is 10.2. The summed E-state index contributed by atoms with van der Waals surface area (Å²) in [6.07, 6.45) is 1.77. The molecule has 3 heterocycles. The van der Waals surface area contributed by atoms with Crippen LogP contribution in [0.3, 0.4) is 0 Å². The van der Waals surface area contributed by atoms with Gasteiger partial charge in [0.1, 0.15) is 30.5 Å². The highest BCUT2D eigenvalue weighted by Crippen LogP contribution is 2.34. The molecule has 2 amide bonds. The number of aryl methyl sites for hydroxylation is 1. The summed E-state index contributed by atoms with van der Waals surface area (Å²) in [6.45, 7) is 1.86. The second-order valence-corrected chi connectivity index (χ2v) is 7.68. The van der Waals surface area contributed by atoms with Gasteiger partial charge in [0, 0.05) is 19.5 Å². The van der Waals surface area contributed by atoms with Gasteiger partial charge in [0.2, 0.25) is 0 Å². The number of fused-ring (bicyclic) bond motifs is 2. The van der Waals surface area contributed by atoms with Crippen molar-refractivity contribution >= 4 is 28.5 Å². The van der Waals surface area contributed by atoms with Gasteiger partial charge in [-0.15, -0.1) is 0 Å². The molecule has 0 saturated carbocycles. The SMILES string of the molecule is Cc1nc2cc3c(cc2[nH]1)OC[C@H](NC(=O)c1coc(Cc2ccccc2)n1)C(=O)N3C. The van der Waals surface area contributed by atoms with Crippen LogP contribution in [0.4, 0.5) is 5.69 Å². The Hall–Kier alpha value is -4.14. The maximum Gasteiger partial charge on any atom is 0.273 e. The normalized spacial score (nSPS) is 15.9. The number of nitrogens with one attached hydrogen (secondary N) is 2. The van der Waals surface area contributed by atoms with E-state index in [4.69, 9.17) is 9.15 Å². The summed E-state index contributed by atoms with van der Waals surface area (Å²) >= 11 is 0. The Balaban J connectivity index is 1.31. The quantitative estimate of drug-likeness (QED) is 0.514. The first-order valence-corrected chi connectivity index (χ1v) is 10.2. The van der Waals surface area contributed by atoms with Crippen molar-refractivity contribution in [3.63, 3.8) is 0 Å². The average Bonchev–Trinajstić information content (AvgIpc) is 3.38. The lowest BCUT2D eigenvalue weighted by atomic mass is 10.1. The molecular weight excluding hydrogens is 410 g/mol. The Morgan fingerprint density at radius 3 is 2.88 bits per heavy atom. The highest BCUT2D eigenvalue weighted by Gasteiger charge is 2.32. The molecule has 1 aliphatic rings. The van der Waals surface area contributed by atoms with Crippen LogP contribution in [0, 0.1) is 6.92 Å². The number of rotatable bonds is 4. The predicted molar refractivity (Wildman–Crippen MR) is 117 cm³/mol. The number of aromatic nitrogens is 3. The van der Waals surface area contributed by atoms with Crippen molar-refractivity contribution in [1.29, 1.82) is 0 Å². The summed E-state index contributed by atoms with van der Waals surface area (Å²) in [4.78, 5) is 39.1. The Morgan fingerprint density at radius 2 is 2.06 bits per heavy atom. The highest BCUT2D eigenvalue weighted by molar-refractivity contribution is 6.04. The van der Waals surface area contributed by atoms with Gasteiger partial charge < -0.3 is 24.4 Å². The van der Waals surface area contributed by atoms with E-state index in [9.17, 15) is 9.59 Å². The van der Waals surface area contributed by atoms with Gasteiger partial charge in [0.15, 0.2) is 11.6 Å². The lowest BCUT2D eigenvalue weighted by molar-refractivity contribution is -0.120. The molecule has 2 N–H and O–H groups in total. The number of benzene rings is 2. The van der Waals surface area contributed by atoms with Crippen LogP contribution in [0.5, 0.6) is 5.75 Å². The van der Waals surface area contributed by atoms with Gasteiger partial charge in [0.25, 0.3) is 11.8 Å². The molecule has 4 aromatic rings. The van der Waals surface area contributed by atoms with Gasteiger partial charge >= 0.3 is 0 Å². The molecule has 5 rings (SSSR count). The Labute approximate surface area is 183 Å². The third-order valence-corrected chi connectivity index (χ3v) is 5.36. The average molecular weight is 431 g/mol.